The molecule has 0 saturated heterocycles. The Balaban J connectivity index is 2.10. The van der Waals surface area contributed by atoms with Crippen molar-refractivity contribution in [2.75, 3.05) is 18.5 Å². The van der Waals surface area contributed by atoms with Gasteiger partial charge in [-0.25, -0.2) is 24.2 Å². The molecule has 156 valence electrons. The van der Waals surface area contributed by atoms with Crippen LogP contribution in [-0.4, -0.2) is 55.3 Å². The van der Waals surface area contributed by atoms with Crippen molar-refractivity contribution >= 4 is 23.8 Å². The van der Waals surface area contributed by atoms with E-state index >= 15 is 0 Å². The lowest BCUT2D eigenvalue weighted by molar-refractivity contribution is -0.139. The average molecular weight is 414 g/mol. The summed E-state index contributed by atoms with van der Waals surface area (Å²) in [5, 5.41) is 17.8. The molecule has 14 heteroatoms. The number of aromatic nitrogens is 6. The molecule has 3 rings (SSSR count). The molecule has 0 saturated carbocycles. The number of carbonyl (C=O) groups excluding carboxylic acids is 2. The maximum atomic E-state index is 12.6. The Morgan fingerprint density at radius 3 is 2.73 bits per heavy atom. The Morgan fingerprint density at radius 1 is 1.30 bits per heavy atom. The monoisotopic (exact) mass is 414 g/mol. The van der Waals surface area contributed by atoms with E-state index < -0.39 is 18.0 Å². The van der Waals surface area contributed by atoms with Crippen LogP contribution in [0.15, 0.2) is 22.6 Å². The lowest BCUT2D eigenvalue weighted by Gasteiger charge is -2.27. The summed E-state index contributed by atoms with van der Waals surface area (Å²) in [7, 11) is 0. The summed E-state index contributed by atoms with van der Waals surface area (Å²) in [5.41, 5.74) is 9.74. The first-order valence-corrected chi connectivity index (χ1v) is 9.01. The lowest BCUT2D eigenvalue weighted by Crippen LogP contribution is -2.31. The van der Waals surface area contributed by atoms with Gasteiger partial charge in [-0.1, -0.05) is 5.10 Å². The average Bonchev–Trinajstić information content (AvgIpc) is 3.17. The van der Waals surface area contributed by atoms with Crippen LogP contribution < -0.4 is 5.32 Å². The van der Waals surface area contributed by atoms with Gasteiger partial charge in [-0.05, 0) is 41.8 Å². The quantitative estimate of drug-likeness (QED) is 0.302. The zero-order chi connectivity index (χ0) is 21.7. The molecular formula is C16H18N10O4. The highest BCUT2D eigenvalue weighted by molar-refractivity contribution is 5.92. The molecule has 1 aliphatic rings. The number of anilines is 1. The van der Waals surface area contributed by atoms with E-state index in [-0.39, 0.29) is 42.4 Å². The molecular weight excluding hydrogens is 396 g/mol. The van der Waals surface area contributed by atoms with E-state index in [0.717, 1.165) is 0 Å². The molecule has 0 radical (unpaired) electrons. The molecule has 1 atom stereocenters. The van der Waals surface area contributed by atoms with Crippen molar-refractivity contribution < 1.29 is 19.1 Å². The number of ether oxygens (including phenoxy) is 2. The number of hydrogen-bond acceptors (Lipinski definition) is 11. The Morgan fingerprint density at radius 2 is 2.03 bits per heavy atom. The van der Waals surface area contributed by atoms with Crippen molar-refractivity contribution in [2.45, 2.75) is 33.2 Å². The lowest BCUT2D eigenvalue weighted by atomic mass is 9.97. The summed E-state index contributed by atoms with van der Waals surface area (Å²) >= 11 is 0. The Kier molecular flexibility index (Phi) is 6.17. The second-order valence-corrected chi connectivity index (χ2v) is 5.99. The normalized spacial score (nSPS) is 15.0. The van der Waals surface area contributed by atoms with Gasteiger partial charge < -0.3 is 14.8 Å². The number of esters is 2. The molecule has 0 aromatic carbocycles. The molecule has 1 N–H and O–H groups in total. The number of azide groups is 1. The molecule has 0 aliphatic carbocycles. The molecule has 1 aliphatic heterocycles. The largest absolute Gasteiger partial charge is 0.463 e. The number of carbonyl (C=O) groups is 2. The molecule has 14 nitrogen and oxygen atoms in total. The van der Waals surface area contributed by atoms with E-state index in [0.29, 0.717) is 11.6 Å². The molecule has 0 amide bonds. The van der Waals surface area contributed by atoms with Crippen molar-refractivity contribution in [2.24, 2.45) is 5.11 Å². The van der Waals surface area contributed by atoms with Crippen LogP contribution in [-0.2, 0) is 20.7 Å². The van der Waals surface area contributed by atoms with Gasteiger partial charge in [0.05, 0.1) is 36.1 Å². The molecule has 0 bridgehead atoms. The number of tetrazole rings is 1. The minimum atomic E-state index is -0.739. The highest BCUT2D eigenvalue weighted by atomic mass is 16.5. The van der Waals surface area contributed by atoms with E-state index in [4.69, 9.17) is 15.0 Å². The zero-order valence-corrected chi connectivity index (χ0v) is 16.4. The second kappa shape index (κ2) is 8.96. The summed E-state index contributed by atoms with van der Waals surface area (Å²) in [6.07, 6.45) is 1.22. The predicted molar refractivity (Wildman–Crippen MR) is 100 cm³/mol. The zero-order valence-electron chi connectivity index (χ0n) is 16.4. The first kappa shape index (κ1) is 20.7. The van der Waals surface area contributed by atoms with Crippen molar-refractivity contribution in [3.8, 4) is 0 Å². The summed E-state index contributed by atoms with van der Waals surface area (Å²) in [5.74, 6) is -1.07. The van der Waals surface area contributed by atoms with Gasteiger partial charge in [0.1, 0.15) is 0 Å². The van der Waals surface area contributed by atoms with Crippen LogP contribution in [0.2, 0.25) is 0 Å². The van der Waals surface area contributed by atoms with Gasteiger partial charge >= 0.3 is 11.9 Å². The fourth-order valence-corrected chi connectivity index (χ4v) is 2.99. The highest BCUT2D eigenvalue weighted by Crippen LogP contribution is 2.33. The summed E-state index contributed by atoms with van der Waals surface area (Å²) in [6, 6.07) is -0.739. The SMILES string of the molecule is CCOC(=O)C1=C(C)Nc2nnnn2C1Cc1nc(N=[N+]=[N-])ncc1C(=O)OCC. The molecule has 2 aromatic rings. The number of nitrogens with one attached hydrogen (secondary N) is 1. The standard InChI is InChI=1S/C16H18N10O4/c1-4-29-13(27)9-7-18-15(21-23-17)20-10(9)6-11-12(14(28)30-5-2)8(3)19-16-22-24-25-26(11)16/h7,11H,4-6H2,1-3H3,(H,19,22,25). The van der Waals surface area contributed by atoms with E-state index in [2.05, 4.69) is 40.8 Å². The van der Waals surface area contributed by atoms with Crippen LogP contribution in [0.3, 0.4) is 0 Å². The van der Waals surface area contributed by atoms with E-state index in [1.54, 1.807) is 20.8 Å². The van der Waals surface area contributed by atoms with Gasteiger partial charge in [0.2, 0.25) is 11.9 Å². The van der Waals surface area contributed by atoms with Gasteiger partial charge in [-0.2, -0.15) is 0 Å². The number of allylic oxidation sites excluding steroid dienone is 1. The minimum absolute atomic E-state index is 0.00975. The van der Waals surface area contributed by atoms with E-state index in [1.807, 2.05) is 0 Å². The summed E-state index contributed by atoms with van der Waals surface area (Å²) < 4.78 is 11.6. The molecule has 1 unspecified atom stereocenters. The topological polar surface area (TPSA) is 183 Å². The fourth-order valence-electron chi connectivity index (χ4n) is 2.99. The minimum Gasteiger partial charge on any atom is -0.463 e. The van der Waals surface area contributed by atoms with Crippen LogP contribution in [0, 0.1) is 0 Å². The molecule has 30 heavy (non-hydrogen) atoms. The van der Waals surface area contributed by atoms with Crippen molar-refractivity contribution in [1.82, 2.24) is 30.2 Å². The summed E-state index contributed by atoms with van der Waals surface area (Å²) in [6.45, 7) is 5.37. The third kappa shape index (κ3) is 4.03. The third-order valence-electron chi connectivity index (χ3n) is 4.19. The van der Waals surface area contributed by atoms with E-state index in [1.165, 1.54) is 10.9 Å². The van der Waals surface area contributed by atoms with Crippen LogP contribution in [0.5, 0.6) is 0 Å². The van der Waals surface area contributed by atoms with Gasteiger partial charge in [0.25, 0.3) is 0 Å². The Hall–Kier alpha value is -4.06. The van der Waals surface area contributed by atoms with Crippen molar-refractivity contribution in [3.63, 3.8) is 0 Å². The van der Waals surface area contributed by atoms with Crippen molar-refractivity contribution in [1.29, 1.82) is 0 Å². The maximum absolute atomic E-state index is 12.6. The van der Waals surface area contributed by atoms with Crippen LogP contribution in [0.25, 0.3) is 10.4 Å². The smallest absolute Gasteiger partial charge is 0.341 e. The van der Waals surface area contributed by atoms with Gasteiger partial charge in [-0.15, -0.1) is 0 Å². The second-order valence-electron chi connectivity index (χ2n) is 5.99. The van der Waals surface area contributed by atoms with Gasteiger partial charge in [0, 0.05) is 23.2 Å². The predicted octanol–water partition coefficient (Wildman–Crippen LogP) is 1.63. The first-order valence-electron chi connectivity index (χ1n) is 9.01. The van der Waals surface area contributed by atoms with Crippen LogP contribution >= 0.6 is 0 Å². The summed E-state index contributed by atoms with van der Waals surface area (Å²) in [4.78, 5) is 35.7. The van der Waals surface area contributed by atoms with E-state index in [9.17, 15) is 9.59 Å². The number of fused-ring (bicyclic) bond motifs is 1. The van der Waals surface area contributed by atoms with Crippen molar-refractivity contribution in [3.05, 3.63) is 39.2 Å². The highest BCUT2D eigenvalue weighted by Gasteiger charge is 2.35. The van der Waals surface area contributed by atoms with Gasteiger partial charge in [0.15, 0.2) is 0 Å². The maximum Gasteiger partial charge on any atom is 0.341 e. The first-order chi connectivity index (χ1) is 14.5. The Labute approximate surface area is 169 Å². The Bertz CT molecular complexity index is 1060. The molecule has 0 fully saturated rings. The number of nitrogens with zero attached hydrogens (tertiary/aromatic N) is 9. The molecule has 0 spiro atoms. The fraction of sp³-hybridized carbons (Fsp3) is 0.438. The van der Waals surface area contributed by atoms with Crippen LogP contribution in [0.4, 0.5) is 11.9 Å². The third-order valence-corrected chi connectivity index (χ3v) is 4.19. The number of rotatable bonds is 7. The van der Waals surface area contributed by atoms with Crippen LogP contribution in [0.1, 0.15) is 42.9 Å². The molecule has 3 heterocycles. The number of hydrogen-bond donors (Lipinski definition) is 1. The van der Waals surface area contributed by atoms with Gasteiger partial charge in [-0.3, -0.25) is 0 Å². The molecule has 2 aromatic heterocycles.